The number of oxazole rings is 1. The van der Waals surface area contributed by atoms with E-state index in [0.717, 1.165) is 11.5 Å². The summed E-state index contributed by atoms with van der Waals surface area (Å²) in [7, 11) is 0. The third-order valence-corrected chi connectivity index (χ3v) is 3.72. The largest absolute Gasteiger partial charge is 0.445 e. The summed E-state index contributed by atoms with van der Waals surface area (Å²) in [6.07, 6.45) is 0.655. The number of nitrogens with one attached hydrogen (secondary N) is 1. The van der Waals surface area contributed by atoms with E-state index in [1.807, 2.05) is 27.7 Å². The van der Waals surface area contributed by atoms with Crippen molar-refractivity contribution in [3.8, 4) is 0 Å². The highest BCUT2D eigenvalue weighted by molar-refractivity contribution is 5.82. The van der Waals surface area contributed by atoms with Crippen LogP contribution in [0.15, 0.2) is 4.42 Å². The first kappa shape index (κ1) is 16.9. The van der Waals surface area contributed by atoms with Crippen LogP contribution in [0.2, 0.25) is 0 Å². The lowest BCUT2D eigenvalue weighted by molar-refractivity contribution is -0.263. The zero-order chi connectivity index (χ0) is 16.5. The van der Waals surface area contributed by atoms with Crippen LogP contribution in [-0.2, 0) is 26.1 Å². The smallest absolute Gasteiger partial charge is 0.303 e. The molecular formula is C15H24N2O5. The van der Waals surface area contributed by atoms with Gasteiger partial charge in [-0.05, 0) is 13.8 Å². The molecule has 7 nitrogen and oxygen atoms in total. The molecule has 22 heavy (non-hydrogen) atoms. The van der Waals surface area contributed by atoms with E-state index in [2.05, 4.69) is 4.98 Å². The van der Waals surface area contributed by atoms with Gasteiger partial charge in [0.15, 0.2) is 5.89 Å². The minimum atomic E-state index is -1.44. The summed E-state index contributed by atoms with van der Waals surface area (Å²) in [6.45, 7) is 10.2. The molecule has 0 saturated carbocycles. The summed E-state index contributed by atoms with van der Waals surface area (Å²) >= 11 is 0. The van der Waals surface area contributed by atoms with E-state index in [4.69, 9.17) is 19.1 Å². The first-order valence-corrected chi connectivity index (χ1v) is 7.35. The summed E-state index contributed by atoms with van der Waals surface area (Å²) in [5.74, 6) is -0.566. The number of carbonyl (C=O) groups excluding carboxylic acids is 1. The Balaban J connectivity index is 2.00. The molecule has 1 aliphatic heterocycles. The third kappa shape index (κ3) is 3.48. The standard InChI is InChI=1S/C15H24N2O5/c1-9-11(16-13(22-9)14(2,3)4)6-10-7-20-15(5,21-8-10)12(18)17-19/h10,19H,6-8H2,1-5H3,(H,17,18). The molecule has 0 radical (unpaired) electrons. The Morgan fingerprint density at radius 1 is 1.41 bits per heavy atom. The van der Waals surface area contributed by atoms with E-state index in [9.17, 15) is 4.79 Å². The van der Waals surface area contributed by atoms with Gasteiger partial charge in [0.05, 0.1) is 18.9 Å². The van der Waals surface area contributed by atoms with Crippen molar-refractivity contribution in [3.05, 3.63) is 17.3 Å². The molecular weight excluding hydrogens is 288 g/mol. The van der Waals surface area contributed by atoms with Crippen LogP contribution in [0.1, 0.15) is 45.0 Å². The first-order valence-electron chi connectivity index (χ1n) is 7.35. The van der Waals surface area contributed by atoms with Crippen molar-refractivity contribution in [1.29, 1.82) is 0 Å². The number of carbonyl (C=O) groups is 1. The first-order chi connectivity index (χ1) is 10.2. The highest BCUT2D eigenvalue weighted by Crippen LogP contribution is 2.27. The molecule has 0 aliphatic carbocycles. The van der Waals surface area contributed by atoms with Crippen LogP contribution >= 0.6 is 0 Å². The second-order valence-electron chi connectivity index (χ2n) is 6.85. The van der Waals surface area contributed by atoms with E-state index in [-0.39, 0.29) is 11.3 Å². The summed E-state index contributed by atoms with van der Waals surface area (Å²) in [4.78, 5) is 16.0. The second-order valence-corrected chi connectivity index (χ2v) is 6.85. The molecule has 1 aromatic rings. The van der Waals surface area contributed by atoms with Gasteiger partial charge in [0.1, 0.15) is 5.76 Å². The number of aromatic nitrogens is 1. The molecule has 124 valence electrons. The summed E-state index contributed by atoms with van der Waals surface area (Å²) in [6, 6.07) is 0. The number of nitrogens with zero attached hydrogens (tertiary/aromatic N) is 1. The Hall–Kier alpha value is -1.44. The maximum Gasteiger partial charge on any atom is 0.303 e. The molecule has 2 rings (SSSR count). The van der Waals surface area contributed by atoms with Crippen LogP contribution < -0.4 is 5.48 Å². The molecule has 0 unspecified atom stereocenters. The Morgan fingerprint density at radius 3 is 2.45 bits per heavy atom. The number of aryl methyl sites for hydroxylation is 1. The van der Waals surface area contributed by atoms with Gasteiger partial charge in [-0.15, -0.1) is 0 Å². The number of amides is 1. The molecule has 7 heteroatoms. The van der Waals surface area contributed by atoms with Crippen LogP contribution in [0.4, 0.5) is 0 Å². The fourth-order valence-corrected chi connectivity index (χ4v) is 2.21. The molecule has 0 bridgehead atoms. The molecule has 2 heterocycles. The predicted molar refractivity (Wildman–Crippen MR) is 77.4 cm³/mol. The summed E-state index contributed by atoms with van der Waals surface area (Å²) in [5.41, 5.74) is 2.30. The molecule has 1 saturated heterocycles. The van der Waals surface area contributed by atoms with Crippen molar-refractivity contribution in [3.63, 3.8) is 0 Å². The van der Waals surface area contributed by atoms with Crippen LogP contribution in [0.3, 0.4) is 0 Å². The average molecular weight is 312 g/mol. The van der Waals surface area contributed by atoms with E-state index in [1.54, 1.807) is 5.48 Å². The van der Waals surface area contributed by atoms with Gasteiger partial charge in [0.25, 0.3) is 0 Å². The minimum Gasteiger partial charge on any atom is -0.445 e. The highest BCUT2D eigenvalue weighted by Gasteiger charge is 2.40. The molecule has 1 amide bonds. The summed E-state index contributed by atoms with van der Waals surface area (Å²) < 4.78 is 16.7. The van der Waals surface area contributed by atoms with Crippen LogP contribution in [0, 0.1) is 12.8 Å². The van der Waals surface area contributed by atoms with E-state index in [0.29, 0.717) is 25.5 Å². The van der Waals surface area contributed by atoms with E-state index in [1.165, 1.54) is 6.92 Å². The van der Waals surface area contributed by atoms with Crippen molar-refractivity contribution in [2.45, 2.75) is 52.2 Å². The monoisotopic (exact) mass is 312 g/mol. The van der Waals surface area contributed by atoms with Gasteiger partial charge in [-0.1, -0.05) is 20.8 Å². The maximum absolute atomic E-state index is 11.5. The molecule has 0 atom stereocenters. The predicted octanol–water partition coefficient (Wildman–Crippen LogP) is 1.71. The topological polar surface area (TPSA) is 93.8 Å². The Kier molecular flexibility index (Phi) is 4.60. The molecule has 1 aromatic heterocycles. The minimum absolute atomic E-state index is 0.0798. The molecule has 2 N–H and O–H groups in total. The fourth-order valence-electron chi connectivity index (χ4n) is 2.21. The zero-order valence-electron chi connectivity index (χ0n) is 13.7. The lowest BCUT2D eigenvalue weighted by Gasteiger charge is -2.35. The normalized spacial score (nSPS) is 26.0. The van der Waals surface area contributed by atoms with Crippen LogP contribution in [0.25, 0.3) is 0 Å². The fraction of sp³-hybridized carbons (Fsp3) is 0.733. The van der Waals surface area contributed by atoms with Crippen LogP contribution in [-0.4, -0.2) is 35.1 Å². The quantitative estimate of drug-likeness (QED) is 0.652. The van der Waals surface area contributed by atoms with Gasteiger partial charge in [-0.2, -0.15) is 0 Å². The Bertz CT molecular complexity index is 539. The van der Waals surface area contributed by atoms with Crippen molar-refractivity contribution < 1.29 is 23.9 Å². The van der Waals surface area contributed by atoms with Gasteiger partial charge >= 0.3 is 5.91 Å². The van der Waals surface area contributed by atoms with Crippen LogP contribution in [0.5, 0.6) is 0 Å². The number of ether oxygens (including phenoxy) is 2. The summed E-state index contributed by atoms with van der Waals surface area (Å²) in [5, 5.41) is 8.69. The average Bonchev–Trinajstić information content (AvgIpc) is 2.82. The van der Waals surface area contributed by atoms with Gasteiger partial charge in [0.2, 0.25) is 5.79 Å². The van der Waals surface area contributed by atoms with Gasteiger partial charge in [0, 0.05) is 17.8 Å². The molecule has 0 spiro atoms. The Morgan fingerprint density at radius 2 is 2.00 bits per heavy atom. The van der Waals surface area contributed by atoms with Gasteiger partial charge in [-0.3, -0.25) is 10.0 Å². The Labute approximate surface area is 130 Å². The highest BCUT2D eigenvalue weighted by atomic mass is 16.7. The number of hydroxylamine groups is 1. The van der Waals surface area contributed by atoms with Gasteiger partial charge in [-0.25, -0.2) is 10.5 Å². The van der Waals surface area contributed by atoms with Crippen molar-refractivity contribution >= 4 is 5.91 Å². The lowest BCUT2D eigenvalue weighted by atomic mass is 9.97. The van der Waals surface area contributed by atoms with Crippen molar-refractivity contribution in [1.82, 2.24) is 10.5 Å². The van der Waals surface area contributed by atoms with Crippen molar-refractivity contribution in [2.75, 3.05) is 13.2 Å². The van der Waals surface area contributed by atoms with Gasteiger partial charge < -0.3 is 13.9 Å². The third-order valence-electron chi connectivity index (χ3n) is 3.72. The SMILES string of the molecule is Cc1oc(C(C)(C)C)nc1CC1COC(C)(C(=O)NO)OC1. The molecule has 1 fully saturated rings. The molecule has 0 aromatic carbocycles. The number of hydrogen-bond acceptors (Lipinski definition) is 6. The number of rotatable bonds is 3. The zero-order valence-corrected chi connectivity index (χ0v) is 13.7. The maximum atomic E-state index is 11.5. The molecule has 1 aliphatic rings. The van der Waals surface area contributed by atoms with E-state index >= 15 is 0 Å². The number of hydrogen-bond donors (Lipinski definition) is 2. The van der Waals surface area contributed by atoms with Crippen molar-refractivity contribution in [2.24, 2.45) is 5.92 Å². The lowest BCUT2D eigenvalue weighted by Crippen LogP contribution is -2.52. The van der Waals surface area contributed by atoms with E-state index < -0.39 is 11.7 Å². The second kappa shape index (κ2) is 5.98.